The number of rotatable bonds is 4. The van der Waals surface area contributed by atoms with Crippen molar-refractivity contribution in [2.45, 2.75) is 25.8 Å². The van der Waals surface area contributed by atoms with Crippen molar-refractivity contribution in [1.82, 2.24) is 25.3 Å². The summed E-state index contributed by atoms with van der Waals surface area (Å²) in [5.74, 6) is 0.897. The molecule has 0 spiro atoms. The normalized spacial score (nSPS) is 15.5. The van der Waals surface area contributed by atoms with Crippen LogP contribution in [0.4, 0.5) is 10.6 Å². The molecule has 0 unspecified atom stereocenters. The molecule has 1 saturated carbocycles. The Morgan fingerprint density at radius 2 is 2.29 bits per heavy atom. The minimum absolute atomic E-state index is 0.0541. The third-order valence-corrected chi connectivity index (χ3v) is 3.48. The number of urea groups is 1. The zero-order chi connectivity index (χ0) is 14.8. The second-order valence-electron chi connectivity index (χ2n) is 5.45. The maximum Gasteiger partial charge on any atom is 0.321 e. The van der Waals surface area contributed by atoms with Gasteiger partial charge in [-0.15, -0.1) is 5.10 Å². The van der Waals surface area contributed by atoms with Crippen LogP contribution in [0, 0.1) is 12.8 Å². The van der Waals surface area contributed by atoms with E-state index in [-0.39, 0.29) is 12.1 Å². The van der Waals surface area contributed by atoms with E-state index in [1.54, 1.807) is 19.4 Å². The SMILES string of the molecule is Cc1ccnc([C@H](NC(=O)Nc2cn(C)nn2)C2CC2)c1. The van der Waals surface area contributed by atoms with Crippen molar-refractivity contribution >= 4 is 11.8 Å². The number of pyridine rings is 1. The van der Waals surface area contributed by atoms with Gasteiger partial charge in [0.2, 0.25) is 0 Å². The molecule has 7 heteroatoms. The molecule has 1 aliphatic carbocycles. The summed E-state index contributed by atoms with van der Waals surface area (Å²) in [6, 6.07) is 3.64. The van der Waals surface area contributed by atoms with E-state index in [0.717, 1.165) is 24.1 Å². The van der Waals surface area contributed by atoms with Crippen molar-refractivity contribution in [3.8, 4) is 0 Å². The van der Waals surface area contributed by atoms with Crippen molar-refractivity contribution in [2.24, 2.45) is 13.0 Å². The van der Waals surface area contributed by atoms with E-state index in [0.29, 0.717) is 11.7 Å². The van der Waals surface area contributed by atoms with E-state index in [2.05, 4.69) is 25.9 Å². The van der Waals surface area contributed by atoms with Gasteiger partial charge in [-0.3, -0.25) is 15.0 Å². The Bertz CT molecular complexity index is 648. The van der Waals surface area contributed by atoms with E-state index in [1.165, 1.54) is 4.68 Å². The Kier molecular flexibility index (Phi) is 3.55. The zero-order valence-corrected chi connectivity index (χ0v) is 12.1. The zero-order valence-electron chi connectivity index (χ0n) is 12.1. The van der Waals surface area contributed by atoms with Crippen LogP contribution < -0.4 is 10.6 Å². The maximum atomic E-state index is 12.1. The predicted octanol–water partition coefficient (Wildman–Crippen LogP) is 1.79. The number of nitrogens with zero attached hydrogens (tertiary/aromatic N) is 4. The third kappa shape index (κ3) is 3.36. The lowest BCUT2D eigenvalue weighted by atomic mass is 10.1. The van der Waals surface area contributed by atoms with Crippen LogP contribution in [0.25, 0.3) is 0 Å². The minimum Gasteiger partial charge on any atom is -0.329 e. The molecular formula is C14H18N6O. The maximum absolute atomic E-state index is 12.1. The van der Waals surface area contributed by atoms with E-state index in [1.807, 2.05) is 19.1 Å². The molecule has 2 amide bonds. The molecule has 0 radical (unpaired) electrons. The average Bonchev–Trinajstić information content (AvgIpc) is 3.20. The first kappa shape index (κ1) is 13.5. The average molecular weight is 286 g/mol. The molecule has 0 bridgehead atoms. The second-order valence-corrected chi connectivity index (χ2v) is 5.45. The number of hydrogen-bond acceptors (Lipinski definition) is 4. The largest absolute Gasteiger partial charge is 0.329 e. The molecule has 21 heavy (non-hydrogen) atoms. The van der Waals surface area contributed by atoms with Gasteiger partial charge in [0.05, 0.1) is 17.9 Å². The van der Waals surface area contributed by atoms with Gasteiger partial charge in [-0.2, -0.15) is 0 Å². The van der Waals surface area contributed by atoms with Crippen LogP contribution in [0.2, 0.25) is 0 Å². The monoisotopic (exact) mass is 286 g/mol. The van der Waals surface area contributed by atoms with Crippen molar-refractivity contribution < 1.29 is 4.79 Å². The number of carbonyl (C=O) groups excluding carboxylic acids is 1. The first-order valence-electron chi connectivity index (χ1n) is 6.98. The molecule has 110 valence electrons. The fraction of sp³-hybridized carbons (Fsp3) is 0.429. The minimum atomic E-state index is -0.282. The lowest BCUT2D eigenvalue weighted by molar-refractivity contribution is 0.246. The predicted molar refractivity (Wildman–Crippen MR) is 77.6 cm³/mol. The summed E-state index contributed by atoms with van der Waals surface area (Å²) in [7, 11) is 1.75. The number of carbonyl (C=O) groups is 1. The van der Waals surface area contributed by atoms with Crippen molar-refractivity contribution in [3.63, 3.8) is 0 Å². The van der Waals surface area contributed by atoms with Gasteiger partial charge in [-0.1, -0.05) is 5.21 Å². The topological polar surface area (TPSA) is 84.7 Å². The van der Waals surface area contributed by atoms with Gasteiger partial charge in [-0.25, -0.2) is 4.79 Å². The Morgan fingerprint density at radius 3 is 2.90 bits per heavy atom. The fourth-order valence-electron chi connectivity index (χ4n) is 2.29. The summed E-state index contributed by atoms with van der Waals surface area (Å²) < 4.78 is 1.54. The highest BCUT2D eigenvalue weighted by Gasteiger charge is 2.34. The van der Waals surface area contributed by atoms with Crippen LogP contribution in [0.1, 0.15) is 30.1 Å². The van der Waals surface area contributed by atoms with Crippen LogP contribution in [-0.4, -0.2) is 26.0 Å². The van der Waals surface area contributed by atoms with E-state index < -0.39 is 0 Å². The smallest absolute Gasteiger partial charge is 0.321 e. The van der Waals surface area contributed by atoms with E-state index >= 15 is 0 Å². The van der Waals surface area contributed by atoms with Crippen molar-refractivity contribution in [3.05, 3.63) is 35.8 Å². The number of amides is 2. The molecule has 2 aromatic heterocycles. The summed E-state index contributed by atoms with van der Waals surface area (Å²) in [5.41, 5.74) is 2.05. The summed E-state index contributed by atoms with van der Waals surface area (Å²) in [6.45, 7) is 2.02. The summed E-state index contributed by atoms with van der Waals surface area (Å²) in [5, 5.41) is 13.3. The lowest BCUT2D eigenvalue weighted by Crippen LogP contribution is -2.34. The molecular weight excluding hydrogens is 268 g/mol. The Balaban J connectivity index is 1.69. The van der Waals surface area contributed by atoms with Gasteiger partial charge >= 0.3 is 6.03 Å². The summed E-state index contributed by atoms with van der Waals surface area (Å²) in [6.07, 6.45) is 5.66. The van der Waals surface area contributed by atoms with Crippen LogP contribution in [0.15, 0.2) is 24.5 Å². The molecule has 0 aromatic carbocycles. The Morgan fingerprint density at radius 1 is 1.48 bits per heavy atom. The highest BCUT2D eigenvalue weighted by Crippen LogP contribution is 2.40. The molecule has 1 atom stereocenters. The Hall–Kier alpha value is -2.44. The van der Waals surface area contributed by atoms with Crippen LogP contribution in [0.5, 0.6) is 0 Å². The molecule has 0 saturated heterocycles. The number of nitrogens with one attached hydrogen (secondary N) is 2. The molecule has 0 aliphatic heterocycles. The molecule has 3 rings (SSSR count). The number of anilines is 1. The highest BCUT2D eigenvalue weighted by atomic mass is 16.2. The van der Waals surface area contributed by atoms with Gasteiger partial charge in [0, 0.05) is 13.2 Å². The van der Waals surface area contributed by atoms with Crippen molar-refractivity contribution in [2.75, 3.05) is 5.32 Å². The van der Waals surface area contributed by atoms with Crippen molar-refractivity contribution in [1.29, 1.82) is 0 Å². The van der Waals surface area contributed by atoms with Gasteiger partial charge in [0.15, 0.2) is 5.82 Å². The molecule has 7 nitrogen and oxygen atoms in total. The first-order valence-corrected chi connectivity index (χ1v) is 6.98. The van der Waals surface area contributed by atoms with Gasteiger partial charge < -0.3 is 5.32 Å². The quantitative estimate of drug-likeness (QED) is 0.897. The van der Waals surface area contributed by atoms with Crippen LogP contribution in [0.3, 0.4) is 0 Å². The van der Waals surface area contributed by atoms with Gasteiger partial charge in [0.1, 0.15) is 0 Å². The van der Waals surface area contributed by atoms with E-state index in [9.17, 15) is 4.79 Å². The number of aromatic nitrogens is 4. The summed E-state index contributed by atoms with van der Waals surface area (Å²) in [4.78, 5) is 16.5. The second kappa shape index (κ2) is 5.51. The van der Waals surface area contributed by atoms with Gasteiger partial charge in [-0.05, 0) is 43.4 Å². The number of hydrogen-bond donors (Lipinski definition) is 2. The first-order chi connectivity index (χ1) is 10.1. The lowest BCUT2D eigenvalue weighted by Gasteiger charge is -2.18. The standard InChI is InChI=1S/C14H18N6O/c1-9-5-6-15-11(7-9)13(10-3-4-10)17-14(21)16-12-8-20(2)19-18-12/h5-8,10,13H,3-4H2,1-2H3,(H2,16,17,21)/t13-/m1/s1. The van der Waals surface area contributed by atoms with Crippen LogP contribution in [-0.2, 0) is 7.05 Å². The fourth-order valence-corrected chi connectivity index (χ4v) is 2.29. The Labute approximate surface area is 122 Å². The highest BCUT2D eigenvalue weighted by molar-refractivity contribution is 5.88. The molecule has 1 fully saturated rings. The summed E-state index contributed by atoms with van der Waals surface area (Å²) >= 11 is 0. The third-order valence-electron chi connectivity index (χ3n) is 3.48. The van der Waals surface area contributed by atoms with Gasteiger partial charge in [0.25, 0.3) is 0 Å². The molecule has 2 aromatic rings. The van der Waals surface area contributed by atoms with E-state index in [4.69, 9.17) is 0 Å². The molecule has 2 heterocycles. The molecule has 2 N–H and O–H groups in total. The number of aryl methyl sites for hydroxylation is 2. The molecule has 1 aliphatic rings. The van der Waals surface area contributed by atoms with Crippen LogP contribution >= 0.6 is 0 Å².